The van der Waals surface area contributed by atoms with Gasteiger partial charge in [0.05, 0.1) is 12.6 Å². The third-order valence-electron chi connectivity index (χ3n) is 6.01. The molecule has 2 heterocycles. The van der Waals surface area contributed by atoms with Crippen LogP contribution in [0.25, 0.3) is 0 Å². The average Bonchev–Trinajstić information content (AvgIpc) is 3.09. The number of carbonyl (C=O) groups is 2. The van der Waals surface area contributed by atoms with E-state index in [4.69, 9.17) is 22.7 Å². The molecular formula is C24H29ClF3N7O2. The van der Waals surface area contributed by atoms with Crippen molar-refractivity contribution in [1.82, 2.24) is 25.1 Å². The Morgan fingerprint density at radius 3 is 2.46 bits per heavy atom. The van der Waals surface area contributed by atoms with Crippen LogP contribution in [0.5, 0.6) is 0 Å². The monoisotopic (exact) mass is 539 g/mol. The van der Waals surface area contributed by atoms with Crippen LogP contribution < -0.4 is 16.4 Å². The molecule has 1 saturated heterocycles. The predicted octanol–water partition coefficient (Wildman–Crippen LogP) is 3.21. The number of alkyl halides is 3. The molecule has 3 rings (SSSR count). The van der Waals surface area contributed by atoms with Crippen molar-refractivity contribution in [1.29, 1.82) is 5.41 Å². The highest BCUT2D eigenvalue weighted by Gasteiger charge is 2.42. The van der Waals surface area contributed by atoms with E-state index in [0.29, 0.717) is 10.6 Å². The largest absolute Gasteiger partial charge is 0.435 e. The molecule has 1 aromatic carbocycles. The quantitative estimate of drug-likeness (QED) is 0.194. The Kier molecular flexibility index (Phi) is 7.64. The summed E-state index contributed by atoms with van der Waals surface area (Å²) in [5.74, 6) is -1.53. The van der Waals surface area contributed by atoms with E-state index in [0.717, 1.165) is 16.2 Å². The molecule has 0 saturated carbocycles. The summed E-state index contributed by atoms with van der Waals surface area (Å²) in [5.41, 5.74) is 5.03. The molecule has 13 heteroatoms. The fourth-order valence-electron chi connectivity index (χ4n) is 3.94. The molecule has 200 valence electrons. The summed E-state index contributed by atoms with van der Waals surface area (Å²) < 4.78 is 42.3. The molecule has 37 heavy (non-hydrogen) atoms. The topological polar surface area (TPSA) is 129 Å². The Balaban J connectivity index is 1.81. The number of hydrogen-bond donors (Lipinski definition) is 4. The normalized spacial score (nSPS) is 14.2. The van der Waals surface area contributed by atoms with Crippen molar-refractivity contribution in [3.8, 4) is 0 Å². The van der Waals surface area contributed by atoms with E-state index in [-0.39, 0.29) is 48.3 Å². The molecule has 1 fully saturated rings. The second kappa shape index (κ2) is 10.1. The molecule has 2 aromatic rings. The lowest BCUT2D eigenvalue weighted by Gasteiger charge is -2.38. The third-order valence-corrected chi connectivity index (χ3v) is 6.33. The standard InChI is InChI=1S/C24H29ClF3N7O2/c1-6-18(36)35-10-12(11-35)32-22(37)19-20(24(26,27)28)33-17(34(19)5)9-31-21(30)13-7-14(23(2,3)4)15(25)8-16(13)29/h6-8,12H,1,9-11,29H2,2-5H3,(H2,30,31)(H,32,37). The van der Waals surface area contributed by atoms with Gasteiger partial charge in [0.25, 0.3) is 5.91 Å². The van der Waals surface area contributed by atoms with E-state index in [9.17, 15) is 22.8 Å². The van der Waals surface area contributed by atoms with Gasteiger partial charge in [0, 0.05) is 36.4 Å². The van der Waals surface area contributed by atoms with Crippen molar-refractivity contribution >= 4 is 34.9 Å². The lowest BCUT2D eigenvalue weighted by Crippen LogP contribution is -2.60. The van der Waals surface area contributed by atoms with Gasteiger partial charge in [-0.3, -0.25) is 15.0 Å². The third kappa shape index (κ3) is 5.90. The molecule has 2 amide bonds. The highest BCUT2D eigenvalue weighted by atomic mass is 35.5. The molecule has 5 N–H and O–H groups in total. The molecular weight excluding hydrogens is 511 g/mol. The van der Waals surface area contributed by atoms with Crippen LogP contribution in [0.1, 0.15) is 53.9 Å². The molecule has 0 spiro atoms. The summed E-state index contributed by atoms with van der Waals surface area (Å²) in [4.78, 5) is 29.4. The number of carbonyl (C=O) groups excluding carboxylic acids is 2. The van der Waals surface area contributed by atoms with Crippen molar-refractivity contribution in [3.05, 3.63) is 58.1 Å². The van der Waals surface area contributed by atoms with Crippen LogP contribution >= 0.6 is 11.6 Å². The van der Waals surface area contributed by atoms with Crippen LogP contribution in [-0.4, -0.2) is 51.2 Å². The van der Waals surface area contributed by atoms with Gasteiger partial charge < -0.3 is 25.8 Å². The van der Waals surface area contributed by atoms with Crippen molar-refractivity contribution in [2.24, 2.45) is 7.05 Å². The number of nitrogens with two attached hydrogens (primary N) is 1. The number of halogens is 4. The van der Waals surface area contributed by atoms with Crippen LogP contribution in [0.3, 0.4) is 0 Å². The summed E-state index contributed by atoms with van der Waals surface area (Å²) in [5, 5.41) is 14.1. The van der Waals surface area contributed by atoms with E-state index in [2.05, 4.69) is 22.2 Å². The van der Waals surface area contributed by atoms with Crippen LogP contribution in [0.4, 0.5) is 18.9 Å². The molecule has 1 aliphatic heterocycles. The van der Waals surface area contributed by atoms with Crippen LogP contribution in [0.2, 0.25) is 5.02 Å². The maximum atomic E-state index is 13.7. The number of nitrogens with one attached hydrogen (secondary N) is 3. The summed E-state index contributed by atoms with van der Waals surface area (Å²) in [6, 6.07) is 2.71. The Bertz CT molecular complexity index is 1260. The molecule has 1 aromatic heterocycles. The van der Waals surface area contributed by atoms with Gasteiger partial charge in [-0.25, -0.2) is 4.98 Å². The van der Waals surface area contributed by atoms with E-state index < -0.39 is 29.5 Å². The van der Waals surface area contributed by atoms with E-state index >= 15 is 0 Å². The lowest BCUT2D eigenvalue weighted by molar-refractivity contribution is -0.141. The van der Waals surface area contributed by atoms with Crippen LogP contribution in [0.15, 0.2) is 24.8 Å². The number of imidazole rings is 1. The number of likely N-dealkylation sites (tertiary alicyclic amines) is 1. The number of amidine groups is 1. The molecule has 0 bridgehead atoms. The molecule has 0 aliphatic carbocycles. The first-order valence-electron chi connectivity index (χ1n) is 11.3. The first-order chi connectivity index (χ1) is 17.0. The number of rotatable bonds is 6. The highest BCUT2D eigenvalue weighted by molar-refractivity contribution is 6.32. The molecule has 0 radical (unpaired) electrons. The first-order valence-corrected chi connectivity index (χ1v) is 11.7. The van der Waals surface area contributed by atoms with Gasteiger partial charge in [-0.2, -0.15) is 13.2 Å². The Morgan fingerprint density at radius 2 is 1.92 bits per heavy atom. The molecule has 0 atom stereocenters. The lowest BCUT2D eigenvalue weighted by atomic mass is 9.85. The first kappa shape index (κ1) is 28.0. The van der Waals surface area contributed by atoms with Gasteiger partial charge in [-0.15, -0.1) is 0 Å². The zero-order valence-corrected chi connectivity index (χ0v) is 21.6. The molecule has 1 aliphatic rings. The number of amides is 2. The minimum Gasteiger partial charge on any atom is -0.398 e. The summed E-state index contributed by atoms with van der Waals surface area (Å²) in [6.45, 7) is 9.28. The van der Waals surface area contributed by atoms with Crippen LogP contribution in [-0.2, 0) is 30.0 Å². The summed E-state index contributed by atoms with van der Waals surface area (Å²) in [6.07, 6.45) is -3.76. The number of benzene rings is 1. The van der Waals surface area contributed by atoms with E-state index in [1.807, 2.05) is 20.8 Å². The van der Waals surface area contributed by atoms with E-state index in [1.165, 1.54) is 18.0 Å². The van der Waals surface area contributed by atoms with Gasteiger partial charge in [0.2, 0.25) is 5.91 Å². The van der Waals surface area contributed by atoms with Gasteiger partial charge in [0.15, 0.2) is 5.69 Å². The number of nitrogen functional groups attached to an aromatic ring is 1. The minimum atomic E-state index is -4.89. The maximum absolute atomic E-state index is 13.7. The van der Waals surface area contributed by atoms with Crippen molar-refractivity contribution < 1.29 is 22.8 Å². The SMILES string of the molecule is C=CC(=O)N1CC(NC(=O)c2c(C(F)(F)F)nc(CNC(=N)c3cc(C(C)(C)C)c(Cl)cc3N)n2C)C1. The van der Waals surface area contributed by atoms with Crippen molar-refractivity contribution in [2.75, 3.05) is 18.8 Å². The Hall–Kier alpha value is -3.54. The fourth-order valence-corrected chi connectivity index (χ4v) is 4.39. The minimum absolute atomic E-state index is 0.108. The van der Waals surface area contributed by atoms with Gasteiger partial charge in [-0.05, 0) is 29.2 Å². The summed E-state index contributed by atoms with van der Waals surface area (Å²) in [7, 11) is 1.29. The Morgan fingerprint density at radius 1 is 1.30 bits per heavy atom. The van der Waals surface area contributed by atoms with E-state index in [1.54, 1.807) is 6.07 Å². The van der Waals surface area contributed by atoms with Gasteiger partial charge in [0.1, 0.15) is 17.4 Å². The van der Waals surface area contributed by atoms with Crippen molar-refractivity contribution in [3.63, 3.8) is 0 Å². The smallest absolute Gasteiger partial charge is 0.398 e. The zero-order chi connectivity index (χ0) is 27.9. The zero-order valence-electron chi connectivity index (χ0n) is 20.9. The molecule has 9 nitrogen and oxygen atoms in total. The Labute approximate surface area is 217 Å². The number of aromatic nitrogens is 2. The fraction of sp³-hybridized carbons (Fsp3) is 0.417. The van der Waals surface area contributed by atoms with Gasteiger partial charge >= 0.3 is 6.18 Å². The second-order valence-corrected chi connectivity index (χ2v) is 10.2. The number of hydrogen-bond acceptors (Lipinski definition) is 5. The number of anilines is 1. The number of nitrogens with zero attached hydrogens (tertiary/aromatic N) is 3. The molecule has 0 unspecified atom stereocenters. The van der Waals surface area contributed by atoms with Crippen molar-refractivity contribution in [2.45, 2.75) is 44.9 Å². The highest BCUT2D eigenvalue weighted by Crippen LogP contribution is 2.34. The van der Waals surface area contributed by atoms with Crippen LogP contribution in [0, 0.1) is 5.41 Å². The predicted molar refractivity (Wildman–Crippen MR) is 134 cm³/mol. The average molecular weight is 540 g/mol. The second-order valence-electron chi connectivity index (χ2n) is 9.80. The van der Waals surface area contributed by atoms with Gasteiger partial charge in [-0.1, -0.05) is 39.0 Å². The summed E-state index contributed by atoms with van der Waals surface area (Å²) >= 11 is 6.31. The maximum Gasteiger partial charge on any atom is 0.435 e.